The summed E-state index contributed by atoms with van der Waals surface area (Å²) in [5.41, 5.74) is 3.95. The molecular formula is C22H21BN2O5. The van der Waals surface area contributed by atoms with Gasteiger partial charge in [-0.25, -0.2) is 4.79 Å². The van der Waals surface area contributed by atoms with Crippen LogP contribution in [-0.2, 0) is 12.8 Å². The van der Waals surface area contributed by atoms with Gasteiger partial charge >= 0.3 is 12.7 Å². The highest BCUT2D eigenvalue weighted by Gasteiger charge is 2.27. The van der Waals surface area contributed by atoms with Crippen molar-refractivity contribution < 1.29 is 19.3 Å². The monoisotopic (exact) mass is 404 g/mol. The van der Waals surface area contributed by atoms with Crippen molar-refractivity contribution in [3.63, 3.8) is 0 Å². The molecule has 152 valence electrons. The number of aryl methyl sites for hydroxylation is 2. The molecule has 2 aliphatic rings. The summed E-state index contributed by atoms with van der Waals surface area (Å²) in [6, 6.07) is 9.82. The van der Waals surface area contributed by atoms with Crippen LogP contribution < -0.4 is 21.3 Å². The minimum atomic E-state index is -1.64. The van der Waals surface area contributed by atoms with E-state index in [1.165, 1.54) is 23.4 Å². The molecule has 3 aromatic rings. The maximum atomic E-state index is 12.8. The van der Waals surface area contributed by atoms with E-state index in [2.05, 4.69) is 10.2 Å². The minimum absolute atomic E-state index is 0.0759. The fourth-order valence-corrected chi connectivity index (χ4v) is 4.58. The van der Waals surface area contributed by atoms with Crippen LogP contribution in [0.3, 0.4) is 0 Å². The minimum Gasteiger partial charge on any atom is -0.423 e. The molecule has 0 aliphatic carbocycles. The van der Waals surface area contributed by atoms with Crippen LogP contribution in [0.5, 0.6) is 0 Å². The highest BCUT2D eigenvalue weighted by molar-refractivity contribution is 6.58. The summed E-state index contributed by atoms with van der Waals surface area (Å²) in [4.78, 5) is 27.8. The van der Waals surface area contributed by atoms with Crippen LogP contribution in [0.4, 0.5) is 11.4 Å². The van der Waals surface area contributed by atoms with E-state index < -0.39 is 18.7 Å². The van der Waals surface area contributed by atoms with Crippen LogP contribution in [0.25, 0.3) is 11.0 Å². The highest BCUT2D eigenvalue weighted by atomic mass is 16.4. The maximum absolute atomic E-state index is 12.8. The number of hydrogen-bond acceptors (Lipinski definition) is 6. The van der Waals surface area contributed by atoms with E-state index in [9.17, 15) is 19.6 Å². The molecule has 1 amide bonds. The first-order valence-electron chi connectivity index (χ1n) is 10.2. The molecule has 0 unspecified atom stereocenters. The number of nitrogens with zero attached hydrogens (tertiary/aromatic N) is 1. The number of nitrogens with one attached hydrogen (secondary N) is 1. The Hall–Kier alpha value is -3.10. The topological polar surface area (TPSA) is 103 Å². The third kappa shape index (κ3) is 3.18. The van der Waals surface area contributed by atoms with Gasteiger partial charge in [-0.3, -0.25) is 4.79 Å². The van der Waals surface area contributed by atoms with Crippen LogP contribution in [0.1, 0.15) is 34.3 Å². The fraction of sp³-hybridized carbons (Fsp3) is 0.273. The van der Waals surface area contributed by atoms with Gasteiger partial charge in [0, 0.05) is 35.4 Å². The first-order valence-corrected chi connectivity index (χ1v) is 10.2. The molecular weight excluding hydrogens is 383 g/mol. The SMILES string of the molecule is O=C(Nc1cccc(B(O)O)c1)c1cc2cc3c4c(c2oc1=O)CCCN4CCC3. The zero-order chi connectivity index (χ0) is 20.8. The van der Waals surface area contributed by atoms with Gasteiger partial charge in [-0.15, -0.1) is 0 Å². The van der Waals surface area contributed by atoms with Gasteiger partial charge in [0.05, 0.1) is 0 Å². The molecule has 0 spiro atoms. The third-order valence-corrected chi connectivity index (χ3v) is 5.90. The van der Waals surface area contributed by atoms with E-state index in [-0.39, 0.29) is 11.0 Å². The Morgan fingerprint density at radius 3 is 2.70 bits per heavy atom. The molecule has 0 fully saturated rings. The smallest absolute Gasteiger partial charge is 0.423 e. The first kappa shape index (κ1) is 18.9. The van der Waals surface area contributed by atoms with Crippen molar-refractivity contribution in [2.24, 2.45) is 0 Å². The van der Waals surface area contributed by atoms with Gasteiger partial charge in [0.25, 0.3) is 5.91 Å². The fourth-order valence-electron chi connectivity index (χ4n) is 4.58. The van der Waals surface area contributed by atoms with Gasteiger partial charge in [-0.1, -0.05) is 12.1 Å². The predicted molar refractivity (Wildman–Crippen MR) is 116 cm³/mol. The van der Waals surface area contributed by atoms with E-state index in [4.69, 9.17) is 4.42 Å². The van der Waals surface area contributed by atoms with Crippen LogP contribution in [0, 0.1) is 0 Å². The molecule has 2 aromatic carbocycles. The van der Waals surface area contributed by atoms with Crippen molar-refractivity contribution in [2.45, 2.75) is 25.7 Å². The lowest BCUT2D eigenvalue weighted by Gasteiger charge is -2.37. The molecule has 0 bridgehead atoms. The standard InChI is InChI=1S/C22H21BN2O5/c26-21(24-16-6-1-5-15(12-16)23(28)29)18-11-14-10-13-4-2-8-25-9-3-7-17(19(13)25)20(14)30-22(18)27/h1,5-6,10-12,28-29H,2-4,7-9H2,(H,24,26). The van der Waals surface area contributed by atoms with E-state index in [0.29, 0.717) is 11.3 Å². The number of rotatable bonds is 3. The van der Waals surface area contributed by atoms with Crippen LogP contribution in [0.15, 0.2) is 45.6 Å². The number of fused-ring (bicyclic) bond motifs is 2. The largest absolute Gasteiger partial charge is 0.488 e. The van der Waals surface area contributed by atoms with E-state index in [1.54, 1.807) is 18.2 Å². The Balaban J connectivity index is 1.55. The van der Waals surface area contributed by atoms with Crippen molar-refractivity contribution >= 4 is 40.8 Å². The zero-order valence-corrected chi connectivity index (χ0v) is 16.4. The van der Waals surface area contributed by atoms with Gasteiger partial charge in [0.1, 0.15) is 11.1 Å². The molecule has 1 aromatic heterocycles. The average Bonchev–Trinajstić information content (AvgIpc) is 2.74. The number of anilines is 2. The first-order chi connectivity index (χ1) is 14.5. The van der Waals surface area contributed by atoms with Crippen molar-refractivity contribution in [1.82, 2.24) is 0 Å². The second-order valence-electron chi connectivity index (χ2n) is 7.88. The maximum Gasteiger partial charge on any atom is 0.488 e. The molecule has 30 heavy (non-hydrogen) atoms. The Bertz CT molecular complexity index is 1220. The lowest BCUT2D eigenvalue weighted by Crippen LogP contribution is -2.34. The van der Waals surface area contributed by atoms with Crippen molar-refractivity contribution in [1.29, 1.82) is 0 Å². The molecule has 3 heterocycles. The summed E-state index contributed by atoms with van der Waals surface area (Å²) in [7, 11) is -1.64. The molecule has 8 heteroatoms. The molecule has 5 rings (SSSR count). The normalized spacial score (nSPS) is 15.1. The Morgan fingerprint density at radius 2 is 1.90 bits per heavy atom. The van der Waals surface area contributed by atoms with Gasteiger partial charge in [-0.2, -0.15) is 0 Å². The second kappa shape index (κ2) is 7.30. The zero-order valence-electron chi connectivity index (χ0n) is 16.4. The number of benzene rings is 2. The second-order valence-corrected chi connectivity index (χ2v) is 7.88. The number of carbonyl (C=O) groups is 1. The lowest BCUT2D eigenvalue weighted by atomic mass is 9.80. The number of amides is 1. The quantitative estimate of drug-likeness (QED) is 0.451. The average molecular weight is 404 g/mol. The molecule has 3 N–H and O–H groups in total. The molecule has 0 saturated heterocycles. The molecule has 0 atom stereocenters. The summed E-state index contributed by atoms with van der Waals surface area (Å²) in [6.07, 6.45) is 3.95. The highest BCUT2D eigenvalue weighted by Crippen LogP contribution is 2.39. The Morgan fingerprint density at radius 1 is 1.10 bits per heavy atom. The summed E-state index contributed by atoms with van der Waals surface area (Å²) < 4.78 is 5.66. The molecule has 7 nitrogen and oxygen atoms in total. The summed E-state index contributed by atoms with van der Waals surface area (Å²) >= 11 is 0. The molecule has 0 saturated carbocycles. The van der Waals surface area contributed by atoms with E-state index in [0.717, 1.165) is 49.7 Å². The van der Waals surface area contributed by atoms with E-state index >= 15 is 0 Å². The van der Waals surface area contributed by atoms with Gasteiger partial charge in [0.15, 0.2) is 0 Å². The van der Waals surface area contributed by atoms with Crippen molar-refractivity contribution in [3.05, 3.63) is 63.5 Å². The summed E-state index contributed by atoms with van der Waals surface area (Å²) in [5.74, 6) is -0.594. The van der Waals surface area contributed by atoms with Crippen LogP contribution in [0.2, 0.25) is 0 Å². The molecule has 0 radical (unpaired) electrons. The van der Waals surface area contributed by atoms with Gasteiger partial charge in [0.2, 0.25) is 0 Å². The summed E-state index contributed by atoms with van der Waals surface area (Å²) in [5, 5.41) is 22.0. The van der Waals surface area contributed by atoms with Crippen molar-refractivity contribution in [3.8, 4) is 0 Å². The van der Waals surface area contributed by atoms with E-state index in [1.807, 2.05) is 6.07 Å². The van der Waals surface area contributed by atoms with Crippen molar-refractivity contribution in [2.75, 3.05) is 23.3 Å². The van der Waals surface area contributed by atoms with Gasteiger partial charge < -0.3 is 24.7 Å². The van der Waals surface area contributed by atoms with Crippen LogP contribution >= 0.6 is 0 Å². The third-order valence-electron chi connectivity index (χ3n) is 5.90. The van der Waals surface area contributed by atoms with Gasteiger partial charge in [-0.05, 0) is 61.0 Å². The van der Waals surface area contributed by atoms with Crippen LogP contribution in [-0.4, -0.2) is 36.2 Å². The molecule has 2 aliphatic heterocycles. The predicted octanol–water partition coefficient (Wildman–Crippen LogP) is 1.42. The Labute approximate surface area is 173 Å². The lowest BCUT2D eigenvalue weighted by molar-refractivity contribution is 0.102. The Kier molecular flexibility index (Phi) is 4.60. The summed E-state index contributed by atoms with van der Waals surface area (Å²) in [6.45, 7) is 2.05. The number of hydrogen-bond donors (Lipinski definition) is 3. The number of carbonyl (C=O) groups excluding carboxylic acids is 1.